The molecule has 0 N–H and O–H groups in total. The number of carbonyl (C=O) groups is 1. The summed E-state index contributed by atoms with van der Waals surface area (Å²) in [6.07, 6.45) is 0. The van der Waals surface area contributed by atoms with Crippen molar-refractivity contribution >= 4 is 38.9 Å². The van der Waals surface area contributed by atoms with Gasteiger partial charge in [-0.05, 0) is 23.8 Å². The van der Waals surface area contributed by atoms with E-state index < -0.39 is 0 Å². The Kier molecular flexibility index (Phi) is 4.55. The summed E-state index contributed by atoms with van der Waals surface area (Å²) >= 11 is 7.49. The second-order valence-corrected chi connectivity index (χ2v) is 6.74. The summed E-state index contributed by atoms with van der Waals surface area (Å²) in [6.45, 7) is 0.553. The molecule has 23 heavy (non-hydrogen) atoms. The summed E-state index contributed by atoms with van der Waals surface area (Å²) in [5, 5.41) is 1.51. The number of amides is 1. The minimum atomic E-state index is -0.0528. The molecule has 1 heterocycles. The van der Waals surface area contributed by atoms with Crippen LogP contribution in [0.4, 0.5) is 0 Å². The molecule has 0 saturated carbocycles. The minimum absolute atomic E-state index is 0.0528. The van der Waals surface area contributed by atoms with Crippen molar-refractivity contribution < 1.29 is 9.53 Å². The molecular weight excluding hydrogens is 330 g/mol. The molecule has 0 bridgehead atoms. The van der Waals surface area contributed by atoms with Crippen LogP contribution in [0.1, 0.15) is 15.2 Å². The molecule has 0 saturated heterocycles. The molecule has 5 heteroatoms. The van der Waals surface area contributed by atoms with Gasteiger partial charge in [-0.2, -0.15) is 0 Å². The first-order valence-electron chi connectivity index (χ1n) is 7.15. The highest BCUT2D eigenvalue weighted by Gasteiger charge is 2.22. The zero-order valence-electron chi connectivity index (χ0n) is 12.9. The maximum atomic E-state index is 12.8. The number of rotatable bonds is 4. The Hall–Kier alpha value is -2.04. The van der Waals surface area contributed by atoms with Crippen molar-refractivity contribution in [3.63, 3.8) is 0 Å². The van der Waals surface area contributed by atoms with Crippen molar-refractivity contribution in [1.82, 2.24) is 4.90 Å². The first-order chi connectivity index (χ1) is 11.1. The number of halogens is 1. The van der Waals surface area contributed by atoms with E-state index in [1.807, 2.05) is 48.5 Å². The molecule has 1 amide bonds. The number of thiophene rings is 1. The van der Waals surface area contributed by atoms with Gasteiger partial charge >= 0.3 is 0 Å². The lowest BCUT2D eigenvalue weighted by Crippen LogP contribution is -2.25. The second kappa shape index (κ2) is 6.60. The predicted molar refractivity (Wildman–Crippen MR) is 95.6 cm³/mol. The molecule has 2 aromatic carbocycles. The summed E-state index contributed by atoms with van der Waals surface area (Å²) < 4.78 is 6.47. The Labute approximate surface area is 144 Å². The van der Waals surface area contributed by atoms with Gasteiger partial charge < -0.3 is 9.64 Å². The van der Waals surface area contributed by atoms with Gasteiger partial charge in [0.1, 0.15) is 10.6 Å². The third-order valence-corrected chi connectivity index (χ3v) is 4.99. The van der Waals surface area contributed by atoms with Crippen molar-refractivity contribution in [3.8, 4) is 5.75 Å². The Bertz CT molecular complexity index is 845. The molecule has 0 unspecified atom stereocenters. The average Bonchev–Trinajstić information content (AvgIpc) is 2.92. The minimum Gasteiger partial charge on any atom is -0.494 e. The molecule has 3 rings (SSSR count). The standard InChI is InChI=1S/C18H16ClNO2S/c1-20(11-12-6-4-3-5-7-12)18(21)17-16(22-2)14-10-13(19)8-9-15(14)23-17/h3-10H,11H2,1-2H3. The zero-order chi connectivity index (χ0) is 16.4. The van der Waals surface area contributed by atoms with Crippen molar-refractivity contribution in [2.75, 3.05) is 14.2 Å². The van der Waals surface area contributed by atoms with Crippen LogP contribution in [0, 0.1) is 0 Å². The molecule has 0 aliphatic heterocycles. The van der Waals surface area contributed by atoms with E-state index in [-0.39, 0.29) is 5.91 Å². The zero-order valence-corrected chi connectivity index (χ0v) is 14.4. The van der Waals surface area contributed by atoms with Gasteiger partial charge in [-0.1, -0.05) is 41.9 Å². The van der Waals surface area contributed by atoms with E-state index in [0.29, 0.717) is 22.2 Å². The van der Waals surface area contributed by atoms with Crippen LogP contribution in [0.5, 0.6) is 5.75 Å². The molecule has 3 aromatic rings. The maximum Gasteiger partial charge on any atom is 0.267 e. The number of hydrogen-bond donors (Lipinski definition) is 0. The highest BCUT2D eigenvalue weighted by atomic mass is 35.5. The average molecular weight is 346 g/mol. The van der Waals surface area contributed by atoms with Crippen LogP contribution in [0.2, 0.25) is 5.02 Å². The Balaban J connectivity index is 1.94. The third kappa shape index (κ3) is 3.19. The van der Waals surface area contributed by atoms with E-state index >= 15 is 0 Å². The molecular formula is C18H16ClNO2S. The monoisotopic (exact) mass is 345 g/mol. The van der Waals surface area contributed by atoms with Crippen LogP contribution in [0.25, 0.3) is 10.1 Å². The quantitative estimate of drug-likeness (QED) is 0.677. The van der Waals surface area contributed by atoms with E-state index in [2.05, 4.69) is 0 Å². The van der Waals surface area contributed by atoms with E-state index in [1.165, 1.54) is 11.3 Å². The number of fused-ring (bicyclic) bond motifs is 1. The number of nitrogens with zero attached hydrogens (tertiary/aromatic N) is 1. The van der Waals surface area contributed by atoms with Crippen molar-refractivity contribution in [1.29, 1.82) is 0 Å². The lowest BCUT2D eigenvalue weighted by molar-refractivity contribution is 0.0787. The van der Waals surface area contributed by atoms with Crippen LogP contribution in [-0.4, -0.2) is 25.0 Å². The second-order valence-electron chi connectivity index (χ2n) is 5.25. The molecule has 0 aliphatic carbocycles. The Morgan fingerprint density at radius 1 is 1.22 bits per heavy atom. The van der Waals surface area contributed by atoms with Crippen LogP contribution in [-0.2, 0) is 6.54 Å². The normalized spacial score (nSPS) is 10.7. The van der Waals surface area contributed by atoms with Gasteiger partial charge in [-0.25, -0.2) is 0 Å². The summed E-state index contributed by atoms with van der Waals surface area (Å²) in [5.74, 6) is 0.542. The molecule has 118 valence electrons. The van der Waals surface area contributed by atoms with Gasteiger partial charge in [0, 0.05) is 28.7 Å². The first kappa shape index (κ1) is 15.8. The maximum absolute atomic E-state index is 12.8. The highest BCUT2D eigenvalue weighted by molar-refractivity contribution is 7.21. The fourth-order valence-corrected chi connectivity index (χ4v) is 3.81. The van der Waals surface area contributed by atoms with Crippen LogP contribution in [0.15, 0.2) is 48.5 Å². The summed E-state index contributed by atoms with van der Waals surface area (Å²) in [6, 6.07) is 15.5. The van der Waals surface area contributed by atoms with Gasteiger partial charge in [-0.15, -0.1) is 11.3 Å². The van der Waals surface area contributed by atoms with Crippen molar-refractivity contribution in [2.45, 2.75) is 6.54 Å². The number of methoxy groups -OCH3 is 1. The van der Waals surface area contributed by atoms with Crippen LogP contribution in [0.3, 0.4) is 0 Å². The number of carbonyl (C=O) groups excluding carboxylic acids is 1. The SMILES string of the molecule is COc1c(C(=O)N(C)Cc2ccccc2)sc2ccc(Cl)cc12. The molecule has 0 aliphatic rings. The lowest BCUT2D eigenvalue weighted by atomic mass is 10.2. The van der Waals surface area contributed by atoms with Crippen LogP contribution >= 0.6 is 22.9 Å². The smallest absolute Gasteiger partial charge is 0.267 e. The van der Waals surface area contributed by atoms with Crippen molar-refractivity contribution in [2.24, 2.45) is 0 Å². The van der Waals surface area contributed by atoms with Gasteiger partial charge in [-0.3, -0.25) is 4.79 Å². The Morgan fingerprint density at radius 2 is 1.96 bits per heavy atom. The fourth-order valence-electron chi connectivity index (χ4n) is 2.49. The third-order valence-electron chi connectivity index (χ3n) is 3.61. The van der Waals surface area contributed by atoms with Gasteiger partial charge in [0.25, 0.3) is 5.91 Å². The van der Waals surface area contributed by atoms with Crippen LogP contribution < -0.4 is 4.74 Å². The largest absolute Gasteiger partial charge is 0.494 e. The summed E-state index contributed by atoms with van der Waals surface area (Å²) in [7, 11) is 3.38. The van der Waals surface area contributed by atoms with Gasteiger partial charge in [0.05, 0.1) is 7.11 Å². The number of hydrogen-bond acceptors (Lipinski definition) is 3. The highest BCUT2D eigenvalue weighted by Crippen LogP contribution is 2.39. The summed E-state index contributed by atoms with van der Waals surface area (Å²) in [5.41, 5.74) is 1.09. The fraction of sp³-hybridized carbons (Fsp3) is 0.167. The van der Waals surface area contributed by atoms with E-state index in [1.54, 1.807) is 19.1 Å². The number of ether oxygens (including phenoxy) is 1. The molecule has 0 fully saturated rings. The van der Waals surface area contributed by atoms with E-state index in [9.17, 15) is 4.79 Å². The predicted octanol–water partition coefficient (Wildman–Crippen LogP) is 4.84. The van der Waals surface area contributed by atoms with Gasteiger partial charge in [0.2, 0.25) is 0 Å². The number of benzene rings is 2. The van der Waals surface area contributed by atoms with Gasteiger partial charge in [0.15, 0.2) is 0 Å². The topological polar surface area (TPSA) is 29.5 Å². The molecule has 0 radical (unpaired) electrons. The molecule has 1 aromatic heterocycles. The Morgan fingerprint density at radius 3 is 2.65 bits per heavy atom. The summed E-state index contributed by atoms with van der Waals surface area (Å²) in [4.78, 5) is 15.1. The lowest BCUT2D eigenvalue weighted by Gasteiger charge is -2.17. The van der Waals surface area contributed by atoms with E-state index in [0.717, 1.165) is 15.6 Å². The molecule has 3 nitrogen and oxygen atoms in total. The van der Waals surface area contributed by atoms with Crippen molar-refractivity contribution in [3.05, 3.63) is 64.0 Å². The molecule has 0 spiro atoms. The van der Waals surface area contributed by atoms with E-state index in [4.69, 9.17) is 16.3 Å². The molecule has 0 atom stereocenters. The first-order valence-corrected chi connectivity index (χ1v) is 8.35.